The van der Waals surface area contributed by atoms with Crippen LogP contribution in [0.25, 0.3) is 16.3 Å². The van der Waals surface area contributed by atoms with Gasteiger partial charge in [0.15, 0.2) is 0 Å². The van der Waals surface area contributed by atoms with E-state index in [2.05, 4.69) is 15.4 Å². The topological polar surface area (TPSA) is 59.8 Å². The minimum absolute atomic E-state index is 0.172. The summed E-state index contributed by atoms with van der Waals surface area (Å²) in [6, 6.07) is 21.5. The molecular weight excluding hydrogens is 356 g/mol. The quantitative estimate of drug-likeness (QED) is 0.569. The van der Waals surface area contributed by atoms with Crippen LogP contribution in [0.15, 0.2) is 72.1 Å². The van der Waals surface area contributed by atoms with Gasteiger partial charge in [0, 0.05) is 10.9 Å². The summed E-state index contributed by atoms with van der Waals surface area (Å²) in [5.41, 5.74) is 4.09. The SMILES string of the molecule is Cc1cc(C(=O)NCc2csc(-c3ccccc3)n2)n(-c2ccccc2)n1. The van der Waals surface area contributed by atoms with Crippen molar-refractivity contribution in [2.24, 2.45) is 0 Å². The molecule has 0 aliphatic rings. The van der Waals surface area contributed by atoms with E-state index in [1.807, 2.05) is 73.0 Å². The van der Waals surface area contributed by atoms with Crippen LogP contribution in [-0.4, -0.2) is 20.7 Å². The highest BCUT2D eigenvalue weighted by Crippen LogP contribution is 2.23. The lowest BCUT2D eigenvalue weighted by atomic mass is 10.2. The molecule has 2 aromatic carbocycles. The van der Waals surface area contributed by atoms with Gasteiger partial charge in [-0.25, -0.2) is 9.67 Å². The Morgan fingerprint density at radius 2 is 1.78 bits per heavy atom. The maximum absolute atomic E-state index is 12.7. The molecule has 134 valence electrons. The molecule has 1 N–H and O–H groups in total. The molecule has 0 unspecified atom stereocenters. The Hall–Kier alpha value is -3.25. The summed E-state index contributed by atoms with van der Waals surface area (Å²) >= 11 is 1.57. The highest BCUT2D eigenvalue weighted by atomic mass is 32.1. The van der Waals surface area contributed by atoms with Crippen molar-refractivity contribution in [3.8, 4) is 16.3 Å². The van der Waals surface area contributed by atoms with Crippen LogP contribution in [0.4, 0.5) is 0 Å². The Kier molecular flexibility index (Phi) is 4.80. The lowest BCUT2D eigenvalue weighted by Gasteiger charge is -2.07. The fraction of sp³-hybridized carbons (Fsp3) is 0.0952. The van der Waals surface area contributed by atoms with Gasteiger partial charge in [-0.1, -0.05) is 48.5 Å². The van der Waals surface area contributed by atoms with Crippen molar-refractivity contribution < 1.29 is 4.79 Å². The molecule has 5 nitrogen and oxygen atoms in total. The Bertz CT molecular complexity index is 1050. The van der Waals surface area contributed by atoms with Gasteiger partial charge in [-0.3, -0.25) is 4.79 Å². The van der Waals surface area contributed by atoms with E-state index in [1.54, 1.807) is 22.1 Å². The number of nitrogens with zero attached hydrogens (tertiary/aromatic N) is 3. The molecule has 0 saturated heterocycles. The third-order valence-corrected chi connectivity index (χ3v) is 5.01. The molecule has 2 aromatic heterocycles. The van der Waals surface area contributed by atoms with Gasteiger partial charge in [0.05, 0.1) is 23.6 Å². The lowest BCUT2D eigenvalue weighted by Crippen LogP contribution is -2.25. The van der Waals surface area contributed by atoms with Crippen LogP contribution in [0.5, 0.6) is 0 Å². The zero-order valence-corrected chi connectivity index (χ0v) is 15.6. The second-order valence-electron chi connectivity index (χ2n) is 6.11. The van der Waals surface area contributed by atoms with Crippen molar-refractivity contribution in [3.63, 3.8) is 0 Å². The number of hydrogen-bond acceptors (Lipinski definition) is 4. The van der Waals surface area contributed by atoms with Gasteiger partial charge in [-0.2, -0.15) is 5.10 Å². The zero-order chi connectivity index (χ0) is 18.6. The first-order valence-corrected chi connectivity index (χ1v) is 9.49. The predicted molar refractivity (Wildman–Crippen MR) is 107 cm³/mol. The molecular formula is C21H18N4OS. The Morgan fingerprint density at radius 3 is 2.52 bits per heavy atom. The number of rotatable bonds is 5. The first-order valence-electron chi connectivity index (χ1n) is 8.61. The Balaban J connectivity index is 1.49. The largest absolute Gasteiger partial charge is 0.345 e. The second kappa shape index (κ2) is 7.55. The van der Waals surface area contributed by atoms with Crippen molar-refractivity contribution in [1.82, 2.24) is 20.1 Å². The minimum Gasteiger partial charge on any atom is -0.345 e. The van der Waals surface area contributed by atoms with Crippen LogP contribution in [-0.2, 0) is 6.54 Å². The number of aryl methyl sites for hydroxylation is 1. The number of amides is 1. The maximum Gasteiger partial charge on any atom is 0.270 e. The number of carbonyl (C=O) groups excluding carboxylic acids is 1. The van der Waals surface area contributed by atoms with E-state index in [4.69, 9.17) is 0 Å². The average Bonchev–Trinajstić information content (AvgIpc) is 3.34. The van der Waals surface area contributed by atoms with Crippen LogP contribution < -0.4 is 5.32 Å². The Labute approximate surface area is 161 Å². The normalized spacial score (nSPS) is 10.7. The number of para-hydroxylation sites is 1. The predicted octanol–water partition coefficient (Wildman–Crippen LogP) is 4.23. The monoisotopic (exact) mass is 374 g/mol. The maximum atomic E-state index is 12.7. The number of benzene rings is 2. The van der Waals surface area contributed by atoms with Gasteiger partial charge in [-0.15, -0.1) is 11.3 Å². The number of hydrogen-bond donors (Lipinski definition) is 1. The van der Waals surface area contributed by atoms with Crippen LogP contribution in [0, 0.1) is 6.92 Å². The molecule has 0 radical (unpaired) electrons. The smallest absolute Gasteiger partial charge is 0.270 e. The summed E-state index contributed by atoms with van der Waals surface area (Å²) in [5.74, 6) is -0.172. The summed E-state index contributed by atoms with van der Waals surface area (Å²) in [7, 11) is 0. The number of nitrogens with one attached hydrogen (secondary N) is 1. The summed E-state index contributed by atoms with van der Waals surface area (Å²) in [4.78, 5) is 17.3. The van der Waals surface area contributed by atoms with Crippen LogP contribution >= 0.6 is 11.3 Å². The Morgan fingerprint density at radius 1 is 1.07 bits per heavy atom. The van der Waals surface area contributed by atoms with Crippen LogP contribution in [0.1, 0.15) is 21.9 Å². The molecule has 27 heavy (non-hydrogen) atoms. The average molecular weight is 374 g/mol. The van der Waals surface area contributed by atoms with Crippen molar-refractivity contribution >= 4 is 17.2 Å². The zero-order valence-electron chi connectivity index (χ0n) is 14.8. The van der Waals surface area contributed by atoms with Crippen molar-refractivity contribution in [2.45, 2.75) is 13.5 Å². The minimum atomic E-state index is -0.172. The number of aromatic nitrogens is 3. The summed E-state index contributed by atoms with van der Waals surface area (Å²) in [5, 5.41) is 10.3. The number of carbonyl (C=O) groups is 1. The summed E-state index contributed by atoms with van der Waals surface area (Å²) in [6.07, 6.45) is 0. The van der Waals surface area contributed by atoms with Crippen LogP contribution in [0.3, 0.4) is 0 Å². The molecule has 0 aliphatic carbocycles. The molecule has 1 amide bonds. The van der Waals surface area contributed by atoms with Gasteiger partial charge in [-0.05, 0) is 25.1 Å². The third-order valence-electron chi connectivity index (χ3n) is 4.07. The molecule has 6 heteroatoms. The molecule has 0 atom stereocenters. The molecule has 4 aromatic rings. The molecule has 4 rings (SSSR count). The van der Waals surface area contributed by atoms with E-state index in [-0.39, 0.29) is 5.91 Å². The van der Waals surface area contributed by atoms with E-state index in [0.29, 0.717) is 12.2 Å². The second-order valence-corrected chi connectivity index (χ2v) is 6.97. The first kappa shape index (κ1) is 17.2. The lowest BCUT2D eigenvalue weighted by molar-refractivity contribution is 0.0942. The standard InChI is InChI=1S/C21H18N4OS/c1-15-12-19(25(24-15)18-10-6-3-7-11-18)20(26)22-13-17-14-27-21(23-17)16-8-4-2-5-9-16/h2-12,14H,13H2,1H3,(H,22,26). The third kappa shape index (κ3) is 3.80. The number of thiazole rings is 1. The highest BCUT2D eigenvalue weighted by Gasteiger charge is 2.15. The summed E-state index contributed by atoms with van der Waals surface area (Å²) in [6.45, 7) is 2.25. The van der Waals surface area contributed by atoms with Gasteiger partial charge >= 0.3 is 0 Å². The fourth-order valence-corrected chi connectivity index (χ4v) is 3.62. The van der Waals surface area contributed by atoms with E-state index >= 15 is 0 Å². The van der Waals surface area contributed by atoms with E-state index in [1.165, 1.54) is 0 Å². The van der Waals surface area contributed by atoms with E-state index in [0.717, 1.165) is 27.6 Å². The van der Waals surface area contributed by atoms with Gasteiger partial charge < -0.3 is 5.32 Å². The molecule has 0 fully saturated rings. The van der Waals surface area contributed by atoms with Gasteiger partial charge in [0.2, 0.25) is 0 Å². The molecule has 2 heterocycles. The summed E-state index contributed by atoms with van der Waals surface area (Å²) < 4.78 is 1.67. The van der Waals surface area contributed by atoms with Crippen molar-refractivity contribution in [1.29, 1.82) is 0 Å². The fourth-order valence-electron chi connectivity index (χ4n) is 2.79. The van der Waals surface area contributed by atoms with Crippen LogP contribution in [0.2, 0.25) is 0 Å². The van der Waals surface area contributed by atoms with Gasteiger partial charge in [0.25, 0.3) is 5.91 Å². The molecule has 0 spiro atoms. The highest BCUT2D eigenvalue weighted by molar-refractivity contribution is 7.13. The van der Waals surface area contributed by atoms with Crippen molar-refractivity contribution in [3.05, 3.63) is 89.2 Å². The van der Waals surface area contributed by atoms with Crippen molar-refractivity contribution in [2.75, 3.05) is 0 Å². The molecule has 0 bridgehead atoms. The first-order chi connectivity index (χ1) is 13.2. The van der Waals surface area contributed by atoms with E-state index in [9.17, 15) is 4.79 Å². The molecule has 0 saturated carbocycles. The molecule has 0 aliphatic heterocycles. The van der Waals surface area contributed by atoms with E-state index < -0.39 is 0 Å². The van der Waals surface area contributed by atoms with Gasteiger partial charge in [0.1, 0.15) is 10.7 Å².